The number of nitrogens with one attached hydrogen (secondary N) is 1. The fraction of sp³-hybridized carbons (Fsp3) is 1.00. The molecule has 0 radical (unpaired) electrons. The van der Waals surface area contributed by atoms with Gasteiger partial charge in [-0.1, -0.05) is 38.5 Å². The Labute approximate surface area is 94.0 Å². The molecule has 1 heterocycles. The van der Waals surface area contributed by atoms with Gasteiger partial charge in [-0.25, -0.2) is 0 Å². The summed E-state index contributed by atoms with van der Waals surface area (Å²) in [5.74, 6) is 1.73. The molecule has 2 heteroatoms. The molecule has 2 nitrogen and oxygen atoms in total. The van der Waals surface area contributed by atoms with E-state index in [1.807, 2.05) is 0 Å². The van der Waals surface area contributed by atoms with Crippen LogP contribution >= 0.6 is 0 Å². The molecule has 0 aromatic heterocycles. The first kappa shape index (κ1) is 11.4. The van der Waals surface area contributed by atoms with Crippen LogP contribution in [0.25, 0.3) is 0 Å². The first-order valence-electron chi connectivity index (χ1n) is 6.85. The third-order valence-electron chi connectivity index (χ3n) is 4.25. The van der Waals surface area contributed by atoms with Crippen LogP contribution < -0.4 is 11.1 Å². The van der Waals surface area contributed by atoms with Crippen LogP contribution in [-0.2, 0) is 0 Å². The van der Waals surface area contributed by atoms with Crippen LogP contribution in [0.2, 0.25) is 0 Å². The number of hydrogen-bond acceptors (Lipinski definition) is 2. The largest absolute Gasteiger partial charge is 0.316 e. The zero-order valence-corrected chi connectivity index (χ0v) is 9.88. The van der Waals surface area contributed by atoms with E-state index in [1.54, 1.807) is 0 Å². The van der Waals surface area contributed by atoms with Gasteiger partial charge in [-0.15, -0.1) is 0 Å². The number of rotatable bonds is 2. The van der Waals surface area contributed by atoms with Crippen molar-refractivity contribution in [3.63, 3.8) is 0 Å². The highest BCUT2D eigenvalue weighted by atomic mass is 15.0. The zero-order valence-electron chi connectivity index (χ0n) is 9.88. The van der Waals surface area contributed by atoms with Crippen molar-refractivity contribution in [2.24, 2.45) is 17.6 Å². The van der Waals surface area contributed by atoms with Crippen molar-refractivity contribution in [3.8, 4) is 0 Å². The van der Waals surface area contributed by atoms with Gasteiger partial charge < -0.3 is 11.1 Å². The first-order valence-corrected chi connectivity index (χ1v) is 6.85. The van der Waals surface area contributed by atoms with E-state index in [1.165, 1.54) is 57.8 Å². The molecule has 2 rings (SSSR count). The van der Waals surface area contributed by atoms with Crippen molar-refractivity contribution in [3.05, 3.63) is 0 Å². The minimum Gasteiger partial charge on any atom is -0.316 e. The zero-order chi connectivity index (χ0) is 10.5. The molecule has 0 bridgehead atoms. The van der Waals surface area contributed by atoms with E-state index in [-0.39, 0.29) is 6.17 Å². The molecule has 0 aromatic carbocycles. The summed E-state index contributed by atoms with van der Waals surface area (Å²) in [4.78, 5) is 0. The minimum absolute atomic E-state index is 0.273. The van der Waals surface area contributed by atoms with Crippen molar-refractivity contribution in [1.82, 2.24) is 5.32 Å². The van der Waals surface area contributed by atoms with Gasteiger partial charge in [0.25, 0.3) is 0 Å². The molecule has 15 heavy (non-hydrogen) atoms. The molecule has 2 unspecified atom stereocenters. The SMILES string of the molecule is NC1NCCCCC1CC1CCCCC1. The number of nitrogens with two attached hydrogens (primary N) is 1. The second-order valence-corrected chi connectivity index (χ2v) is 5.48. The van der Waals surface area contributed by atoms with Gasteiger partial charge in [-0.05, 0) is 37.6 Å². The van der Waals surface area contributed by atoms with Gasteiger partial charge in [0.15, 0.2) is 0 Å². The van der Waals surface area contributed by atoms with Gasteiger partial charge in [-0.2, -0.15) is 0 Å². The van der Waals surface area contributed by atoms with Crippen LogP contribution in [0.1, 0.15) is 57.8 Å². The third-order valence-corrected chi connectivity index (χ3v) is 4.25. The molecule has 2 aliphatic rings. The van der Waals surface area contributed by atoms with Gasteiger partial charge in [0.2, 0.25) is 0 Å². The maximum absolute atomic E-state index is 6.19. The van der Waals surface area contributed by atoms with Crippen LogP contribution in [0.3, 0.4) is 0 Å². The van der Waals surface area contributed by atoms with Gasteiger partial charge in [-0.3, -0.25) is 0 Å². The lowest BCUT2D eigenvalue weighted by atomic mass is 9.81. The molecule has 1 aliphatic carbocycles. The van der Waals surface area contributed by atoms with E-state index in [4.69, 9.17) is 5.73 Å². The van der Waals surface area contributed by atoms with E-state index >= 15 is 0 Å². The molecular formula is C13H26N2. The lowest BCUT2D eigenvalue weighted by Crippen LogP contribution is -2.43. The summed E-state index contributed by atoms with van der Waals surface area (Å²) in [6.45, 7) is 1.13. The summed E-state index contributed by atoms with van der Waals surface area (Å²) in [5, 5.41) is 3.46. The van der Waals surface area contributed by atoms with Gasteiger partial charge in [0.1, 0.15) is 0 Å². The maximum Gasteiger partial charge on any atom is 0.0575 e. The van der Waals surface area contributed by atoms with E-state index in [2.05, 4.69) is 5.32 Å². The van der Waals surface area contributed by atoms with Gasteiger partial charge in [0.05, 0.1) is 6.17 Å². The topological polar surface area (TPSA) is 38.0 Å². The third kappa shape index (κ3) is 3.46. The van der Waals surface area contributed by atoms with E-state index in [0.29, 0.717) is 0 Å². The fourth-order valence-corrected chi connectivity index (χ4v) is 3.26. The standard InChI is InChI=1S/C13H26N2/c14-13-12(8-4-5-9-15-13)10-11-6-2-1-3-7-11/h11-13,15H,1-10,14H2. The summed E-state index contributed by atoms with van der Waals surface area (Å²) in [7, 11) is 0. The highest BCUT2D eigenvalue weighted by Gasteiger charge is 2.24. The van der Waals surface area contributed by atoms with Crippen molar-refractivity contribution in [2.45, 2.75) is 64.0 Å². The molecule has 1 saturated carbocycles. The van der Waals surface area contributed by atoms with Crippen LogP contribution in [-0.4, -0.2) is 12.7 Å². The molecule has 2 atom stereocenters. The molecule has 0 aromatic rings. The van der Waals surface area contributed by atoms with E-state index in [9.17, 15) is 0 Å². The monoisotopic (exact) mass is 210 g/mol. The summed E-state index contributed by atoms with van der Waals surface area (Å²) >= 11 is 0. The maximum atomic E-state index is 6.19. The Morgan fingerprint density at radius 2 is 1.67 bits per heavy atom. The second kappa shape index (κ2) is 5.86. The summed E-state index contributed by atoms with van der Waals surface area (Å²) in [6.07, 6.45) is 13.0. The van der Waals surface area contributed by atoms with Crippen LogP contribution in [0.5, 0.6) is 0 Å². The Morgan fingerprint density at radius 3 is 2.47 bits per heavy atom. The molecule has 1 aliphatic heterocycles. The molecule has 0 amide bonds. The normalized spacial score (nSPS) is 35.0. The summed E-state index contributed by atoms with van der Waals surface area (Å²) in [6, 6.07) is 0. The Hall–Kier alpha value is -0.0800. The average molecular weight is 210 g/mol. The number of hydrogen-bond donors (Lipinski definition) is 2. The van der Waals surface area contributed by atoms with Crippen molar-refractivity contribution >= 4 is 0 Å². The van der Waals surface area contributed by atoms with Crippen molar-refractivity contribution < 1.29 is 0 Å². The Kier molecular flexibility index (Phi) is 4.45. The van der Waals surface area contributed by atoms with Crippen LogP contribution in [0.15, 0.2) is 0 Å². The molecular weight excluding hydrogens is 184 g/mol. The molecule has 0 spiro atoms. The van der Waals surface area contributed by atoms with E-state index in [0.717, 1.165) is 18.4 Å². The average Bonchev–Trinajstić information content (AvgIpc) is 2.46. The molecule has 3 N–H and O–H groups in total. The smallest absolute Gasteiger partial charge is 0.0575 e. The Bertz CT molecular complexity index is 175. The summed E-state index contributed by atoms with van der Waals surface area (Å²) < 4.78 is 0. The summed E-state index contributed by atoms with van der Waals surface area (Å²) in [5.41, 5.74) is 6.19. The van der Waals surface area contributed by atoms with Gasteiger partial charge >= 0.3 is 0 Å². The highest BCUT2D eigenvalue weighted by Crippen LogP contribution is 2.31. The van der Waals surface area contributed by atoms with Crippen molar-refractivity contribution in [2.75, 3.05) is 6.54 Å². The molecule has 2 fully saturated rings. The lowest BCUT2D eigenvalue weighted by Gasteiger charge is -2.29. The van der Waals surface area contributed by atoms with Crippen LogP contribution in [0, 0.1) is 11.8 Å². The van der Waals surface area contributed by atoms with E-state index < -0.39 is 0 Å². The molecule has 88 valence electrons. The minimum atomic E-state index is 0.273. The quantitative estimate of drug-likeness (QED) is 0.735. The Balaban J connectivity index is 1.79. The fourth-order valence-electron chi connectivity index (χ4n) is 3.26. The first-order chi connectivity index (χ1) is 7.36. The lowest BCUT2D eigenvalue weighted by molar-refractivity contribution is 0.245. The highest BCUT2D eigenvalue weighted by molar-refractivity contribution is 4.78. The van der Waals surface area contributed by atoms with Crippen LogP contribution in [0.4, 0.5) is 0 Å². The second-order valence-electron chi connectivity index (χ2n) is 5.48. The van der Waals surface area contributed by atoms with Crippen molar-refractivity contribution in [1.29, 1.82) is 0 Å². The molecule has 1 saturated heterocycles. The Morgan fingerprint density at radius 1 is 0.933 bits per heavy atom. The predicted octanol–water partition coefficient (Wildman–Crippen LogP) is 2.63. The van der Waals surface area contributed by atoms with Gasteiger partial charge in [0, 0.05) is 0 Å². The predicted molar refractivity (Wildman–Crippen MR) is 64.5 cm³/mol.